The number of hydrogen-bond donors (Lipinski definition) is 1. The molecule has 0 aliphatic carbocycles. The molecule has 1 aliphatic rings. The number of anilines is 1. The summed E-state index contributed by atoms with van der Waals surface area (Å²) in [6.07, 6.45) is -0.354. The maximum Gasteiger partial charge on any atom is 0.260 e. The Morgan fingerprint density at radius 2 is 2.09 bits per heavy atom. The van der Waals surface area contributed by atoms with Gasteiger partial charge in [-0.3, -0.25) is 4.79 Å². The Kier molecular flexibility index (Phi) is 3.86. The topological polar surface area (TPSA) is 49.8 Å². The smallest absolute Gasteiger partial charge is 0.260 e. The maximum absolute atomic E-state index is 12.7. The van der Waals surface area contributed by atoms with Crippen molar-refractivity contribution in [2.45, 2.75) is 19.4 Å². The van der Waals surface area contributed by atoms with E-state index in [9.17, 15) is 9.90 Å². The number of rotatable bonds is 3. The van der Waals surface area contributed by atoms with Crippen LogP contribution >= 0.6 is 0 Å². The SMILES string of the molecule is COc1cccc(C(O)C(=O)N2CCc3ccc(C)cc32)c1. The van der Waals surface area contributed by atoms with Gasteiger partial charge in [0.05, 0.1) is 7.11 Å². The van der Waals surface area contributed by atoms with Crippen LogP contribution in [0.5, 0.6) is 5.75 Å². The van der Waals surface area contributed by atoms with Crippen molar-refractivity contribution in [1.29, 1.82) is 0 Å². The number of aliphatic hydroxyl groups excluding tert-OH is 1. The number of benzene rings is 2. The van der Waals surface area contributed by atoms with Crippen molar-refractivity contribution in [3.05, 3.63) is 59.2 Å². The third-order valence-electron chi connectivity index (χ3n) is 4.05. The fourth-order valence-electron chi connectivity index (χ4n) is 2.82. The van der Waals surface area contributed by atoms with Gasteiger partial charge in [0.15, 0.2) is 6.10 Å². The molecule has 1 amide bonds. The molecule has 1 heterocycles. The zero-order chi connectivity index (χ0) is 15.7. The Balaban J connectivity index is 1.87. The summed E-state index contributed by atoms with van der Waals surface area (Å²) in [5.41, 5.74) is 3.71. The molecule has 2 aromatic carbocycles. The Morgan fingerprint density at radius 1 is 1.27 bits per heavy atom. The van der Waals surface area contributed by atoms with Crippen molar-refractivity contribution in [3.8, 4) is 5.75 Å². The number of nitrogens with zero attached hydrogens (tertiary/aromatic N) is 1. The van der Waals surface area contributed by atoms with Gasteiger partial charge in [-0.15, -0.1) is 0 Å². The highest BCUT2D eigenvalue weighted by atomic mass is 16.5. The van der Waals surface area contributed by atoms with Crippen molar-refractivity contribution < 1.29 is 14.6 Å². The molecule has 1 aliphatic heterocycles. The molecule has 22 heavy (non-hydrogen) atoms. The number of carbonyl (C=O) groups is 1. The van der Waals surface area contributed by atoms with Crippen LogP contribution in [0.15, 0.2) is 42.5 Å². The van der Waals surface area contributed by atoms with Crippen LogP contribution in [0.25, 0.3) is 0 Å². The summed E-state index contributed by atoms with van der Waals surface area (Å²) in [5, 5.41) is 10.4. The van der Waals surface area contributed by atoms with Crippen molar-refractivity contribution >= 4 is 11.6 Å². The first kappa shape index (κ1) is 14.6. The van der Waals surface area contributed by atoms with E-state index in [0.29, 0.717) is 17.9 Å². The second kappa shape index (κ2) is 5.81. The molecular formula is C18H19NO3. The third kappa shape index (κ3) is 2.57. The van der Waals surface area contributed by atoms with Crippen molar-refractivity contribution in [1.82, 2.24) is 0 Å². The van der Waals surface area contributed by atoms with Crippen LogP contribution < -0.4 is 9.64 Å². The van der Waals surface area contributed by atoms with Gasteiger partial charge >= 0.3 is 0 Å². The Morgan fingerprint density at radius 3 is 2.86 bits per heavy atom. The van der Waals surface area contributed by atoms with Gasteiger partial charge in [0, 0.05) is 12.2 Å². The molecule has 4 heteroatoms. The van der Waals surface area contributed by atoms with Crippen LogP contribution in [-0.4, -0.2) is 24.7 Å². The Bertz CT molecular complexity index is 711. The number of aryl methyl sites for hydroxylation is 1. The van der Waals surface area contributed by atoms with Crippen molar-refractivity contribution in [3.63, 3.8) is 0 Å². The average molecular weight is 297 g/mol. The molecule has 3 rings (SSSR count). The lowest BCUT2D eigenvalue weighted by Crippen LogP contribution is -2.33. The van der Waals surface area contributed by atoms with Crippen LogP contribution in [-0.2, 0) is 11.2 Å². The number of carbonyl (C=O) groups excluding carboxylic acids is 1. The highest BCUT2D eigenvalue weighted by molar-refractivity contribution is 5.98. The average Bonchev–Trinajstić information content (AvgIpc) is 2.96. The highest BCUT2D eigenvalue weighted by Crippen LogP contribution is 2.31. The minimum Gasteiger partial charge on any atom is -0.497 e. The largest absolute Gasteiger partial charge is 0.497 e. The summed E-state index contributed by atoms with van der Waals surface area (Å²) in [6, 6.07) is 13.1. The number of aliphatic hydroxyl groups is 1. The molecule has 1 unspecified atom stereocenters. The monoisotopic (exact) mass is 297 g/mol. The quantitative estimate of drug-likeness (QED) is 0.947. The molecular weight excluding hydrogens is 278 g/mol. The van der Waals surface area contributed by atoms with Crippen LogP contribution in [0.1, 0.15) is 22.8 Å². The summed E-state index contributed by atoms with van der Waals surface area (Å²) in [6.45, 7) is 2.61. The number of amides is 1. The molecule has 1 atom stereocenters. The zero-order valence-corrected chi connectivity index (χ0v) is 12.7. The summed E-state index contributed by atoms with van der Waals surface area (Å²) in [4.78, 5) is 14.3. The lowest BCUT2D eigenvalue weighted by atomic mass is 10.1. The fraction of sp³-hybridized carbons (Fsp3) is 0.278. The molecule has 0 bridgehead atoms. The molecule has 1 N–H and O–H groups in total. The predicted octanol–water partition coefficient (Wildman–Crippen LogP) is 2.63. The lowest BCUT2D eigenvalue weighted by molar-refractivity contribution is -0.126. The highest BCUT2D eigenvalue weighted by Gasteiger charge is 2.30. The van der Waals surface area contributed by atoms with Gasteiger partial charge in [-0.25, -0.2) is 0 Å². The number of ether oxygens (including phenoxy) is 1. The van der Waals surface area contributed by atoms with E-state index in [0.717, 1.165) is 23.2 Å². The maximum atomic E-state index is 12.7. The first-order chi connectivity index (χ1) is 10.6. The van der Waals surface area contributed by atoms with Crippen molar-refractivity contribution in [2.75, 3.05) is 18.6 Å². The molecule has 0 spiro atoms. The number of hydrogen-bond acceptors (Lipinski definition) is 3. The van der Waals surface area contributed by atoms with Gasteiger partial charge in [-0.1, -0.05) is 24.3 Å². The molecule has 0 saturated carbocycles. The van der Waals surface area contributed by atoms with Gasteiger partial charge in [-0.2, -0.15) is 0 Å². The van der Waals surface area contributed by atoms with E-state index in [1.54, 1.807) is 36.3 Å². The van der Waals surface area contributed by atoms with Crippen LogP contribution in [0.4, 0.5) is 5.69 Å². The third-order valence-corrected chi connectivity index (χ3v) is 4.05. The van der Waals surface area contributed by atoms with Gasteiger partial charge in [0.2, 0.25) is 0 Å². The van der Waals surface area contributed by atoms with E-state index in [1.807, 2.05) is 19.1 Å². The second-order valence-electron chi connectivity index (χ2n) is 5.55. The summed E-state index contributed by atoms with van der Waals surface area (Å²) >= 11 is 0. The first-order valence-corrected chi connectivity index (χ1v) is 7.33. The summed E-state index contributed by atoms with van der Waals surface area (Å²) in [5.74, 6) is 0.333. The zero-order valence-electron chi connectivity index (χ0n) is 12.7. The first-order valence-electron chi connectivity index (χ1n) is 7.33. The summed E-state index contributed by atoms with van der Waals surface area (Å²) in [7, 11) is 1.56. The fourth-order valence-corrected chi connectivity index (χ4v) is 2.82. The number of fused-ring (bicyclic) bond motifs is 1. The molecule has 0 saturated heterocycles. The van der Waals surface area contributed by atoms with E-state index in [-0.39, 0.29) is 5.91 Å². The number of methoxy groups -OCH3 is 1. The van der Waals surface area contributed by atoms with Gasteiger partial charge in [0.1, 0.15) is 5.75 Å². The molecule has 0 radical (unpaired) electrons. The Labute approximate surface area is 130 Å². The molecule has 4 nitrogen and oxygen atoms in total. The van der Waals surface area contributed by atoms with Gasteiger partial charge < -0.3 is 14.7 Å². The summed E-state index contributed by atoms with van der Waals surface area (Å²) < 4.78 is 5.15. The van der Waals surface area contributed by atoms with Crippen LogP contribution in [0.2, 0.25) is 0 Å². The van der Waals surface area contributed by atoms with E-state index in [2.05, 4.69) is 6.07 Å². The second-order valence-corrected chi connectivity index (χ2v) is 5.55. The Hall–Kier alpha value is -2.33. The molecule has 0 fully saturated rings. The minimum absolute atomic E-state index is 0.294. The van der Waals surface area contributed by atoms with Gasteiger partial charge in [0.25, 0.3) is 5.91 Å². The normalized spacial score (nSPS) is 14.6. The molecule has 2 aromatic rings. The van der Waals surface area contributed by atoms with Gasteiger partial charge in [-0.05, 0) is 48.2 Å². The van der Waals surface area contributed by atoms with E-state index >= 15 is 0 Å². The van der Waals surface area contributed by atoms with Crippen LogP contribution in [0.3, 0.4) is 0 Å². The standard InChI is InChI=1S/C18H19NO3/c1-12-6-7-13-8-9-19(16(13)10-12)18(21)17(20)14-4-3-5-15(11-14)22-2/h3-7,10-11,17,20H,8-9H2,1-2H3. The van der Waals surface area contributed by atoms with E-state index in [1.165, 1.54) is 0 Å². The predicted molar refractivity (Wildman–Crippen MR) is 85.2 cm³/mol. The van der Waals surface area contributed by atoms with E-state index in [4.69, 9.17) is 4.74 Å². The molecule has 114 valence electrons. The minimum atomic E-state index is -1.18. The van der Waals surface area contributed by atoms with Crippen LogP contribution in [0, 0.1) is 6.92 Å². The van der Waals surface area contributed by atoms with Crippen molar-refractivity contribution in [2.24, 2.45) is 0 Å². The lowest BCUT2D eigenvalue weighted by Gasteiger charge is -2.21. The van der Waals surface area contributed by atoms with E-state index < -0.39 is 6.10 Å². The molecule has 0 aromatic heterocycles.